The molecule has 2 amide bonds. The van der Waals surface area contributed by atoms with Gasteiger partial charge in [-0.15, -0.1) is 0 Å². The maximum Gasteiger partial charge on any atom is 0.225 e. The fourth-order valence-electron chi connectivity index (χ4n) is 4.14. The lowest BCUT2D eigenvalue weighted by Crippen LogP contribution is -2.47. The lowest BCUT2D eigenvalue weighted by atomic mass is 9.87. The molecule has 1 aromatic carbocycles. The van der Waals surface area contributed by atoms with Crippen molar-refractivity contribution < 1.29 is 9.59 Å². The van der Waals surface area contributed by atoms with E-state index in [2.05, 4.69) is 24.4 Å². The van der Waals surface area contributed by atoms with E-state index in [4.69, 9.17) is 0 Å². The van der Waals surface area contributed by atoms with Crippen LogP contribution in [0.5, 0.6) is 0 Å². The molecule has 1 unspecified atom stereocenters. The summed E-state index contributed by atoms with van der Waals surface area (Å²) in [6.45, 7) is 4.06. The number of piperidine rings is 1. The first kappa shape index (κ1) is 18.0. The number of benzene rings is 1. The maximum atomic E-state index is 12.6. The summed E-state index contributed by atoms with van der Waals surface area (Å²) in [5.74, 6) is 0.883. The summed E-state index contributed by atoms with van der Waals surface area (Å²) in [5, 5.41) is 3.06. The summed E-state index contributed by atoms with van der Waals surface area (Å²) in [7, 11) is 0. The second kappa shape index (κ2) is 8.50. The quantitative estimate of drug-likeness (QED) is 0.891. The minimum Gasteiger partial charge on any atom is -0.352 e. The van der Waals surface area contributed by atoms with Crippen molar-refractivity contribution in [3.63, 3.8) is 0 Å². The number of aryl methyl sites for hydroxylation is 1. The molecule has 1 saturated carbocycles. The molecule has 1 aromatic rings. The molecule has 4 heteroatoms. The summed E-state index contributed by atoms with van der Waals surface area (Å²) in [6.07, 6.45) is 7.55. The van der Waals surface area contributed by atoms with Crippen LogP contribution in [-0.2, 0) is 16.1 Å². The number of nitrogens with one attached hydrogen (secondary N) is 1. The topological polar surface area (TPSA) is 49.4 Å². The van der Waals surface area contributed by atoms with Gasteiger partial charge in [-0.3, -0.25) is 9.59 Å². The van der Waals surface area contributed by atoms with E-state index in [9.17, 15) is 9.59 Å². The molecule has 0 radical (unpaired) electrons. The van der Waals surface area contributed by atoms with Gasteiger partial charge in [-0.2, -0.15) is 0 Å². The third-order valence-corrected chi connectivity index (χ3v) is 5.62. The Hall–Kier alpha value is -1.84. The second-order valence-electron chi connectivity index (χ2n) is 7.75. The molecule has 1 aliphatic carbocycles. The minimum absolute atomic E-state index is 0.0638. The first-order chi connectivity index (χ1) is 12.1. The van der Waals surface area contributed by atoms with Crippen LogP contribution in [0.4, 0.5) is 0 Å². The van der Waals surface area contributed by atoms with Gasteiger partial charge in [-0.1, -0.05) is 49.1 Å². The highest BCUT2D eigenvalue weighted by atomic mass is 16.2. The van der Waals surface area contributed by atoms with Crippen LogP contribution in [0.2, 0.25) is 0 Å². The Balaban J connectivity index is 1.51. The lowest BCUT2D eigenvalue weighted by Gasteiger charge is -2.35. The van der Waals surface area contributed by atoms with Crippen molar-refractivity contribution in [2.75, 3.05) is 13.1 Å². The number of amides is 2. The van der Waals surface area contributed by atoms with E-state index in [0.717, 1.165) is 12.1 Å². The van der Waals surface area contributed by atoms with Crippen LogP contribution in [0.1, 0.15) is 56.1 Å². The molecule has 1 atom stereocenters. The average molecular weight is 342 g/mol. The lowest BCUT2D eigenvalue weighted by molar-refractivity contribution is -0.139. The molecular formula is C21H30N2O2. The first-order valence-corrected chi connectivity index (χ1v) is 9.73. The van der Waals surface area contributed by atoms with Crippen molar-refractivity contribution in [3.8, 4) is 0 Å². The summed E-state index contributed by atoms with van der Waals surface area (Å²) in [5.41, 5.74) is 2.33. The van der Waals surface area contributed by atoms with Crippen LogP contribution in [-0.4, -0.2) is 29.8 Å². The van der Waals surface area contributed by atoms with Crippen molar-refractivity contribution in [2.45, 2.75) is 58.4 Å². The van der Waals surface area contributed by atoms with E-state index >= 15 is 0 Å². The van der Waals surface area contributed by atoms with Gasteiger partial charge in [0.25, 0.3) is 0 Å². The van der Waals surface area contributed by atoms with E-state index in [1.807, 2.05) is 17.0 Å². The molecule has 4 nitrogen and oxygen atoms in total. The van der Waals surface area contributed by atoms with Crippen LogP contribution < -0.4 is 5.32 Å². The standard InChI is InChI=1S/C21H30N2O2/c1-16-6-5-9-18(12-16)13-22-21(25)19-10-11-20(24)23(15-19)14-17-7-3-2-4-8-17/h5-6,9,12,17,19H,2-4,7-8,10-11,13-15H2,1H3,(H,22,25). The molecule has 1 saturated heterocycles. The van der Waals surface area contributed by atoms with Gasteiger partial charge in [0.1, 0.15) is 0 Å². The van der Waals surface area contributed by atoms with Crippen LogP contribution in [0.15, 0.2) is 24.3 Å². The number of nitrogens with zero attached hydrogens (tertiary/aromatic N) is 1. The molecule has 1 aliphatic heterocycles. The molecule has 136 valence electrons. The third-order valence-electron chi connectivity index (χ3n) is 5.62. The zero-order valence-corrected chi connectivity index (χ0v) is 15.3. The van der Waals surface area contributed by atoms with Crippen molar-refractivity contribution in [2.24, 2.45) is 11.8 Å². The Morgan fingerprint density at radius 1 is 1.20 bits per heavy atom. The highest BCUT2D eigenvalue weighted by Crippen LogP contribution is 2.27. The minimum atomic E-state index is -0.0638. The van der Waals surface area contributed by atoms with E-state index in [1.165, 1.54) is 37.7 Å². The number of likely N-dealkylation sites (tertiary alicyclic amines) is 1. The summed E-state index contributed by atoms with van der Waals surface area (Å²) in [4.78, 5) is 26.8. The predicted octanol–water partition coefficient (Wildman–Crippen LogP) is 3.43. The Bertz CT molecular complexity index is 608. The van der Waals surface area contributed by atoms with Crippen molar-refractivity contribution in [1.29, 1.82) is 0 Å². The zero-order chi connectivity index (χ0) is 17.6. The third kappa shape index (κ3) is 5.07. The first-order valence-electron chi connectivity index (χ1n) is 9.73. The van der Waals surface area contributed by atoms with Crippen LogP contribution in [0.25, 0.3) is 0 Å². The predicted molar refractivity (Wildman–Crippen MR) is 98.9 cm³/mol. The van der Waals surface area contributed by atoms with E-state index in [1.54, 1.807) is 0 Å². The average Bonchev–Trinajstić information content (AvgIpc) is 2.62. The van der Waals surface area contributed by atoms with Gasteiger partial charge >= 0.3 is 0 Å². The van der Waals surface area contributed by atoms with Gasteiger partial charge in [0.15, 0.2) is 0 Å². The molecular weight excluding hydrogens is 312 g/mol. The fourth-order valence-corrected chi connectivity index (χ4v) is 4.14. The van der Waals surface area contributed by atoms with E-state index in [-0.39, 0.29) is 17.7 Å². The molecule has 1 N–H and O–H groups in total. The number of hydrogen-bond acceptors (Lipinski definition) is 2. The molecule has 2 aliphatic rings. The van der Waals surface area contributed by atoms with Crippen molar-refractivity contribution in [3.05, 3.63) is 35.4 Å². The normalized spacial score (nSPS) is 22.0. The van der Waals surface area contributed by atoms with Gasteiger partial charge in [-0.05, 0) is 37.7 Å². The van der Waals surface area contributed by atoms with Gasteiger partial charge in [-0.25, -0.2) is 0 Å². The van der Waals surface area contributed by atoms with Crippen molar-refractivity contribution in [1.82, 2.24) is 10.2 Å². The van der Waals surface area contributed by atoms with E-state index < -0.39 is 0 Å². The van der Waals surface area contributed by atoms with Crippen molar-refractivity contribution >= 4 is 11.8 Å². The maximum absolute atomic E-state index is 12.6. The Morgan fingerprint density at radius 3 is 2.76 bits per heavy atom. The fraction of sp³-hybridized carbons (Fsp3) is 0.619. The number of carbonyl (C=O) groups excluding carboxylic acids is 2. The number of carbonyl (C=O) groups is 2. The SMILES string of the molecule is Cc1cccc(CNC(=O)C2CCC(=O)N(CC3CCCCC3)C2)c1. The van der Waals surface area contributed by atoms with E-state index in [0.29, 0.717) is 31.8 Å². The molecule has 25 heavy (non-hydrogen) atoms. The summed E-state index contributed by atoms with van der Waals surface area (Å²) in [6, 6.07) is 8.20. The molecule has 0 spiro atoms. The molecule has 2 fully saturated rings. The highest BCUT2D eigenvalue weighted by molar-refractivity contribution is 5.83. The van der Waals surface area contributed by atoms with Crippen LogP contribution in [0, 0.1) is 18.8 Å². The zero-order valence-electron chi connectivity index (χ0n) is 15.3. The number of rotatable bonds is 5. The van der Waals surface area contributed by atoms with Gasteiger partial charge in [0, 0.05) is 26.1 Å². The molecule has 3 rings (SSSR count). The molecule has 0 aromatic heterocycles. The van der Waals surface area contributed by atoms with Gasteiger partial charge < -0.3 is 10.2 Å². The van der Waals surface area contributed by atoms with Gasteiger partial charge in [0.2, 0.25) is 11.8 Å². The smallest absolute Gasteiger partial charge is 0.225 e. The summed E-state index contributed by atoms with van der Waals surface area (Å²) < 4.78 is 0. The Kier molecular flexibility index (Phi) is 6.11. The highest BCUT2D eigenvalue weighted by Gasteiger charge is 2.31. The second-order valence-corrected chi connectivity index (χ2v) is 7.75. The van der Waals surface area contributed by atoms with Crippen LogP contribution in [0.3, 0.4) is 0 Å². The molecule has 0 bridgehead atoms. The largest absolute Gasteiger partial charge is 0.352 e. The van der Waals surface area contributed by atoms with Crippen LogP contribution >= 0.6 is 0 Å². The molecule has 1 heterocycles. The van der Waals surface area contributed by atoms with Gasteiger partial charge in [0.05, 0.1) is 5.92 Å². The summed E-state index contributed by atoms with van der Waals surface area (Å²) >= 11 is 0. The Labute approximate surface area is 151 Å². The Morgan fingerprint density at radius 2 is 2.00 bits per heavy atom. The monoisotopic (exact) mass is 342 g/mol. The number of hydrogen-bond donors (Lipinski definition) is 1.